The zero-order chi connectivity index (χ0) is 26.9. The quantitative estimate of drug-likeness (QED) is 0.212. The van der Waals surface area contributed by atoms with Crippen molar-refractivity contribution < 1.29 is 0 Å². The average Bonchev–Trinajstić information content (AvgIpc) is 3.44. The SMILES string of the molecule is c1cc(-c2ccc3ccccc3c2)cc(-c2ccc3c(c2)c2c(ccc4cccnc42)c2nc4ccccc4n32)c1. The molecule has 0 saturated carbocycles. The van der Waals surface area contributed by atoms with Crippen molar-refractivity contribution in [2.75, 3.05) is 0 Å². The molecule has 0 aliphatic carbocycles. The first-order chi connectivity index (χ1) is 20.3. The summed E-state index contributed by atoms with van der Waals surface area (Å²) in [5, 5.41) is 7.07. The molecule has 3 aromatic heterocycles. The van der Waals surface area contributed by atoms with Gasteiger partial charge in [0.25, 0.3) is 0 Å². The van der Waals surface area contributed by atoms with Crippen LogP contribution in [0.3, 0.4) is 0 Å². The van der Waals surface area contributed by atoms with Crippen LogP contribution < -0.4 is 0 Å². The number of para-hydroxylation sites is 2. The number of hydrogen-bond donors (Lipinski definition) is 0. The van der Waals surface area contributed by atoms with Crippen molar-refractivity contribution in [3.05, 3.63) is 140 Å². The van der Waals surface area contributed by atoms with Crippen molar-refractivity contribution in [2.24, 2.45) is 0 Å². The lowest BCUT2D eigenvalue weighted by molar-refractivity contribution is 1.31. The molecule has 0 radical (unpaired) electrons. The van der Waals surface area contributed by atoms with Gasteiger partial charge in [-0.15, -0.1) is 0 Å². The van der Waals surface area contributed by atoms with E-state index in [0.29, 0.717) is 0 Å². The highest BCUT2D eigenvalue weighted by molar-refractivity contribution is 6.23. The van der Waals surface area contributed by atoms with Gasteiger partial charge in [-0.1, -0.05) is 84.9 Å². The van der Waals surface area contributed by atoms with Gasteiger partial charge in [0, 0.05) is 27.7 Å². The number of rotatable bonds is 2. The van der Waals surface area contributed by atoms with Gasteiger partial charge in [0.05, 0.1) is 22.1 Å². The zero-order valence-corrected chi connectivity index (χ0v) is 22.1. The van der Waals surface area contributed by atoms with E-state index in [4.69, 9.17) is 9.97 Å². The Morgan fingerprint density at radius 2 is 1.20 bits per heavy atom. The molecule has 0 spiro atoms. The third-order valence-corrected chi connectivity index (χ3v) is 8.36. The first-order valence-electron chi connectivity index (χ1n) is 13.9. The molecule has 0 aliphatic rings. The highest BCUT2D eigenvalue weighted by Gasteiger charge is 2.17. The topological polar surface area (TPSA) is 30.2 Å². The Balaban J connectivity index is 1.33. The fourth-order valence-electron chi connectivity index (χ4n) is 6.41. The van der Waals surface area contributed by atoms with Gasteiger partial charge in [-0.3, -0.25) is 9.38 Å². The molecular weight excluding hydrogens is 498 g/mol. The van der Waals surface area contributed by atoms with E-state index < -0.39 is 0 Å². The summed E-state index contributed by atoms with van der Waals surface area (Å²) in [6, 6.07) is 47.8. The normalized spacial score (nSPS) is 11.9. The molecule has 0 aliphatic heterocycles. The fourth-order valence-corrected chi connectivity index (χ4v) is 6.41. The largest absolute Gasteiger partial charge is 0.292 e. The monoisotopic (exact) mass is 521 g/mol. The number of hydrogen-bond acceptors (Lipinski definition) is 2. The summed E-state index contributed by atoms with van der Waals surface area (Å²) in [6.07, 6.45) is 1.89. The molecule has 0 unspecified atom stereocenters. The second-order valence-corrected chi connectivity index (χ2v) is 10.7. The number of benzene rings is 6. The third kappa shape index (κ3) is 3.33. The third-order valence-electron chi connectivity index (χ3n) is 8.36. The van der Waals surface area contributed by atoms with Gasteiger partial charge < -0.3 is 0 Å². The van der Waals surface area contributed by atoms with Crippen LogP contribution in [-0.4, -0.2) is 14.4 Å². The molecule has 0 saturated heterocycles. The Bertz CT molecular complexity index is 2490. The molecule has 0 bridgehead atoms. The summed E-state index contributed by atoms with van der Waals surface area (Å²) < 4.78 is 2.30. The maximum Gasteiger partial charge on any atom is 0.146 e. The van der Waals surface area contributed by atoms with Crippen LogP contribution >= 0.6 is 0 Å². The molecule has 3 heterocycles. The molecule has 3 heteroatoms. The van der Waals surface area contributed by atoms with Crippen molar-refractivity contribution in [1.29, 1.82) is 0 Å². The molecule has 6 aromatic carbocycles. The summed E-state index contributed by atoms with van der Waals surface area (Å²) in [6.45, 7) is 0. The van der Waals surface area contributed by atoms with Gasteiger partial charge in [0.15, 0.2) is 0 Å². The second kappa shape index (κ2) is 8.48. The van der Waals surface area contributed by atoms with Gasteiger partial charge >= 0.3 is 0 Å². The predicted molar refractivity (Wildman–Crippen MR) is 171 cm³/mol. The van der Waals surface area contributed by atoms with Gasteiger partial charge in [-0.2, -0.15) is 0 Å². The highest BCUT2D eigenvalue weighted by atomic mass is 15.0. The van der Waals surface area contributed by atoms with Crippen molar-refractivity contribution in [2.45, 2.75) is 0 Å². The van der Waals surface area contributed by atoms with E-state index in [1.54, 1.807) is 0 Å². The smallest absolute Gasteiger partial charge is 0.146 e. The van der Waals surface area contributed by atoms with E-state index in [1.165, 1.54) is 38.4 Å². The van der Waals surface area contributed by atoms with Crippen molar-refractivity contribution in [1.82, 2.24) is 14.4 Å². The summed E-state index contributed by atoms with van der Waals surface area (Å²) >= 11 is 0. The van der Waals surface area contributed by atoms with E-state index in [9.17, 15) is 0 Å². The molecule has 0 amide bonds. The highest BCUT2D eigenvalue weighted by Crippen LogP contribution is 2.38. The molecule has 0 fully saturated rings. The maximum atomic E-state index is 5.08. The molecule has 0 atom stereocenters. The number of nitrogens with zero attached hydrogens (tertiary/aromatic N) is 3. The Labute approximate surface area is 236 Å². The van der Waals surface area contributed by atoms with Gasteiger partial charge in [0.1, 0.15) is 5.65 Å². The summed E-state index contributed by atoms with van der Waals surface area (Å²) in [4.78, 5) is 9.95. The minimum Gasteiger partial charge on any atom is -0.292 e. The standard InChI is InChI=1S/C38H23N3/c1-2-8-26-21-29(15-14-24(26)7-1)27-9-5-10-28(22-27)30-17-19-34-32(23-30)36-31(18-16-25-11-6-20-39-37(25)36)38-40-33-12-3-4-13-35(33)41(34)38/h1-23H. The Kier molecular flexibility index (Phi) is 4.61. The number of imidazole rings is 1. The minimum absolute atomic E-state index is 0.965. The molecule has 9 rings (SSSR count). The van der Waals surface area contributed by atoms with Gasteiger partial charge in [-0.05, 0) is 81.6 Å². The van der Waals surface area contributed by atoms with Crippen molar-refractivity contribution in [3.63, 3.8) is 0 Å². The Morgan fingerprint density at radius 3 is 2.12 bits per heavy atom. The summed E-state index contributed by atoms with van der Waals surface area (Å²) in [5.41, 5.74) is 10.0. The number of aromatic nitrogens is 3. The van der Waals surface area contributed by atoms with Crippen LogP contribution in [0.4, 0.5) is 0 Å². The van der Waals surface area contributed by atoms with E-state index in [2.05, 4.69) is 132 Å². The molecule has 3 nitrogen and oxygen atoms in total. The van der Waals surface area contributed by atoms with Crippen LogP contribution in [0.15, 0.2) is 140 Å². The number of fused-ring (bicyclic) bond motifs is 11. The lowest BCUT2D eigenvalue weighted by Gasteiger charge is -2.13. The van der Waals surface area contributed by atoms with Crippen LogP contribution in [-0.2, 0) is 0 Å². The molecule has 0 N–H and O–H groups in total. The molecule has 9 aromatic rings. The first-order valence-corrected chi connectivity index (χ1v) is 13.9. The van der Waals surface area contributed by atoms with E-state index in [-0.39, 0.29) is 0 Å². The van der Waals surface area contributed by atoms with Gasteiger partial charge in [0.2, 0.25) is 0 Å². The van der Waals surface area contributed by atoms with Crippen LogP contribution in [0.1, 0.15) is 0 Å². The minimum atomic E-state index is 0.965. The first kappa shape index (κ1) is 22.3. The van der Waals surface area contributed by atoms with Crippen LogP contribution in [0, 0.1) is 0 Å². The molecule has 41 heavy (non-hydrogen) atoms. The van der Waals surface area contributed by atoms with E-state index in [0.717, 1.165) is 43.9 Å². The predicted octanol–water partition coefficient (Wildman–Crippen LogP) is 9.83. The summed E-state index contributed by atoms with van der Waals surface area (Å²) in [5.74, 6) is 0. The van der Waals surface area contributed by atoms with E-state index >= 15 is 0 Å². The van der Waals surface area contributed by atoms with Crippen molar-refractivity contribution in [3.8, 4) is 22.3 Å². The fraction of sp³-hybridized carbons (Fsp3) is 0. The van der Waals surface area contributed by atoms with Crippen LogP contribution in [0.25, 0.3) is 82.3 Å². The molecule has 190 valence electrons. The average molecular weight is 522 g/mol. The Morgan fingerprint density at radius 1 is 0.463 bits per heavy atom. The summed E-state index contributed by atoms with van der Waals surface area (Å²) in [7, 11) is 0. The van der Waals surface area contributed by atoms with Gasteiger partial charge in [-0.25, -0.2) is 4.98 Å². The molecular formula is C38H23N3. The van der Waals surface area contributed by atoms with Crippen molar-refractivity contribution >= 4 is 60.0 Å². The zero-order valence-electron chi connectivity index (χ0n) is 22.1. The lowest BCUT2D eigenvalue weighted by atomic mass is 9.95. The maximum absolute atomic E-state index is 5.08. The number of pyridine rings is 2. The second-order valence-electron chi connectivity index (χ2n) is 10.7. The lowest BCUT2D eigenvalue weighted by Crippen LogP contribution is -1.94. The van der Waals surface area contributed by atoms with Crippen LogP contribution in [0.5, 0.6) is 0 Å². The van der Waals surface area contributed by atoms with E-state index in [1.807, 2.05) is 12.3 Å². The van der Waals surface area contributed by atoms with Crippen LogP contribution in [0.2, 0.25) is 0 Å². The Hall–Kier alpha value is -5.54.